The molecule has 0 aliphatic rings. The highest BCUT2D eigenvalue weighted by Crippen LogP contribution is 2.28. The smallest absolute Gasteiger partial charge is 0.261 e. The van der Waals surface area contributed by atoms with Gasteiger partial charge in [-0.05, 0) is 30.3 Å². The average molecular weight is 410 g/mol. The minimum atomic E-state index is -0.421. The molecule has 0 aliphatic carbocycles. The van der Waals surface area contributed by atoms with Crippen LogP contribution in [0.5, 0.6) is 5.75 Å². The number of thiazole rings is 1. The second-order valence-electron chi connectivity index (χ2n) is 4.66. The van der Waals surface area contributed by atoms with E-state index in [4.69, 9.17) is 11.6 Å². The number of aromatic nitrogens is 1. The van der Waals surface area contributed by atoms with Crippen LogP contribution in [0.25, 0.3) is 11.3 Å². The SMILES string of the molecule is O=C(Nc1nc(-c2cccc(Cl)c2)cs1)c1cc(Br)ccc1O. The predicted molar refractivity (Wildman–Crippen MR) is 96.3 cm³/mol. The first-order valence-electron chi connectivity index (χ1n) is 6.54. The fraction of sp³-hybridized carbons (Fsp3) is 0. The van der Waals surface area contributed by atoms with Crippen molar-refractivity contribution in [1.29, 1.82) is 0 Å². The van der Waals surface area contributed by atoms with Crippen LogP contribution in [0.2, 0.25) is 5.02 Å². The maximum atomic E-state index is 12.2. The number of phenols is 1. The number of carbonyl (C=O) groups excluding carboxylic acids is 1. The molecule has 0 saturated heterocycles. The molecule has 4 nitrogen and oxygen atoms in total. The van der Waals surface area contributed by atoms with Gasteiger partial charge in [-0.1, -0.05) is 39.7 Å². The summed E-state index contributed by atoms with van der Waals surface area (Å²) in [6, 6.07) is 12.0. The number of nitrogens with zero attached hydrogens (tertiary/aromatic N) is 1. The number of benzene rings is 2. The Balaban J connectivity index is 1.81. The molecular formula is C16H10BrClN2O2S. The highest BCUT2D eigenvalue weighted by Gasteiger charge is 2.14. The standard InChI is InChI=1S/C16H10BrClN2O2S/c17-10-4-5-14(21)12(7-10)15(22)20-16-19-13(8-23-16)9-2-1-3-11(18)6-9/h1-8,21H,(H,19,20,22). The molecule has 2 N–H and O–H groups in total. The number of aromatic hydroxyl groups is 1. The molecule has 0 spiro atoms. The molecule has 0 saturated carbocycles. The van der Waals surface area contributed by atoms with Crippen LogP contribution in [-0.4, -0.2) is 16.0 Å². The lowest BCUT2D eigenvalue weighted by atomic mass is 10.2. The van der Waals surface area contributed by atoms with Crippen LogP contribution in [0.15, 0.2) is 52.3 Å². The van der Waals surface area contributed by atoms with E-state index in [9.17, 15) is 9.90 Å². The number of amides is 1. The summed E-state index contributed by atoms with van der Waals surface area (Å²) in [7, 11) is 0. The first-order chi connectivity index (χ1) is 11.0. The van der Waals surface area contributed by atoms with Crippen molar-refractivity contribution in [1.82, 2.24) is 4.98 Å². The zero-order chi connectivity index (χ0) is 16.4. The molecule has 0 aliphatic heterocycles. The van der Waals surface area contributed by atoms with Crippen LogP contribution in [0.4, 0.5) is 5.13 Å². The van der Waals surface area contributed by atoms with Crippen LogP contribution in [0.1, 0.15) is 10.4 Å². The summed E-state index contributed by atoms with van der Waals surface area (Å²) in [5.41, 5.74) is 1.78. The van der Waals surface area contributed by atoms with E-state index in [1.165, 1.54) is 17.4 Å². The second kappa shape index (κ2) is 6.70. The van der Waals surface area contributed by atoms with Gasteiger partial charge in [0, 0.05) is 20.4 Å². The predicted octanol–water partition coefficient (Wildman–Crippen LogP) is 5.18. The molecule has 3 aromatic rings. The quantitative estimate of drug-likeness (QED) is 0.626. The van der Waals surface area contributed by atoms with E-state index in [1.54, 1.807) is 18.2 Å². The normalized spacial score (nSPS) is 10.5. The third-order valence-corrected chi connectivity index (χ3v) is 4.53. The van der Waals surface area contributed by atoms with Crippen molar-refractivity contribution < 1.29 is 9.90 Å². The number of halogens is 2. The van der Waals surface area contributed by atoms with Crippen LogP contribution in [0.3, 0.4) is 0 Å². The first-order valence-corrected chi connectivity index (χ1v) is 8.59. The molecule has 0 unspecified atom stereocenters. The number of phenolic OH excluding ortho intramolecular Hbond substituents is 1. The molecule has 3 rings (SSSR count). The Morgan fingerprint density at radius 2 is 2.09 bits per heavy atom. The van der Waals surface area contributed by atoms with Crippen LogP contribution in [-0.2, 0) is 0 Å². The van der Waals surface area contributed by atoms with Gasteiger partial charge < -0.3 is 5.11 Å². The molecule has 2 aromatic carbocycles. The van der Waals surface area contributed by atoms with Crippen molar-refractivity contribution in [2.45, 2.75) is 0 Å². The number of rotatable bonds is 3. The van der Waals surface area contributed by atoms with E-state index in [1.807, 2.05) is 23.6 Å². The fourth-order valence-electron chi connectivity index (χ4n) is 1.97. The Hall–Kier alpha value is -1.89. The topological polar surface area (TPSA) is 62.2 Å². The summed E-state index contributed by atoms with van der Waals surface area (Å²) in [6.45, 7) is 0. The van der Waals surface area contributed by atoms with Crippen molar-refractivity contribution in [3.05, 3.63) is 62.9 Å². The third kappa shape index (κ3) is 3.72. The summed E-state index contributed by atoms with van der Waals surface area (Å²) in [5.74, 6) is -0.506. The largest absolute Gasteiger partial charge is 0.507 e. The van der Waals surface area contributed by atoms with Crippen LogP contribution < -0.4 is 5.32 Å². The van der Waals surface area contributed by atoms with Crippen molar-refractivity contribution in [2.75, 3.05) is 5.32 Å². The summed E-state index contributed by atoms with van der Waals surface area (Å²) in [5, 5.41) is 15.4. The molecule has 1 amide bonds. The van der Waals surface area contributed by atoms with Crippen molar-refractivity contribution in [3.63, 3.8) is 0 Å². The fourth-order valence-corrected chi connectivity index (χ4v) is 3.23. The number of anilines is 1. The van der Waals surface area contributed by atoms with Gasteiger partial charge in [-0.15, -0.1) is 11.3 Å². The molecule has 0 fully saturated rings. The summed E-state index contributed by atoms with van der Waals surface area (Å²) in [4.78, 5) is 16.6. The maximum absolute atomic E-state index is 12.2. The molecule has 0 atom stereocenters. The first kappa shape index (κ1) is 16.0. The van der Waals surface area contributed by atoms with E-state index in [0.29, 0.717) is 14.6 Å². The highest BCUT2D eigenvalue weighted by atomic mass is 79.9. The van der Waals surface area contributed by atoms with Gasteiger partial charge in [0.15, 0.2) is 5.13 Å². The Morgan fingerprint density at radius 1 is 1.26 bits per heavy atom. The van der Waals surface area contributed by atoms with Gasteiger partial charge in [-0.2, -0.15) is 0 Å². The third-order valence-electron chi connectivity index (χ3n) is 3.05. The van der Waals surface area contributed by atoms with E-state index >= 15 is 0 Å². The van der Waals surface area contributed by atoms with Crippen molar-refractivity contribution in [2.24, 2.45) is 0 Å². The Bertz CT molecular complexity index is 882. The Labute approximate surface area is 149 Å². The van der Waals surface area contributed by atoms with Gasteiger partial charge in [0.05, 0.1) is 11.3 Å². The van der Waals surface area contributed by atoms with Gasteiger partial charge in [0.2, 0.25) is 0 Å². The lowest BCUT2D eigenvalue weighted by molar-refractivity contribution is 0.102. The summed E-state index contributed by atoms with van der Waals surface area (Å²) < 4.78 is 0.708. The van der Waals surface area contributed by atoms with E-state index < -0.39 is 5.91 Å². The van der Waals surface area contributed by atoms with Gasteiger partial charge in [0.1, 0.15) is 5.75 Å². The second-order valence-corrected chi connectivity index (χ2v) is 6.87. The Kier molecular flexibility index (Phi) is 4.66. The maximum Gasteiger partial charge on any atom is 0.261 e. The van der Waals surface area contributed by atoms with Crippen molar-refractivity contribution >= 4 is 49.9 Å². The zero-order valence-electron chi connectivity index (χ0n) is 11.6. The summed E-state index contributed by atoms with van der Waals surface area (Å²) in [6.07, 6.45) is 0. The number of nitrogens with one attached hydrogen (secondary N) is 1. The highest BCUT2D eigenvalue weighted by molar-refractivity contribution is 9.10. The number of carbonyl (C=O) groups is 1. The van der Waals surface area contributed by atoms with Gasteiger partial charge in [-0.3, -0.25) is 10.1 Å². The molecule has 7 heteroatoms. The lowest BCUT2D eigenvalue weighted by Gasteiger charge is -2.04. The lowest BCUT2D eigenvalue weighted by Crippen LogP contribution is -2.11. The van der Waals surface area contributed by atoms with Crippen LogP contribution >= 0.6 is 38.9 Å². The monoisotopic (exact) mass is 408 g/mol. The Morgan fingerprint density at radius 3 is 2.87 bits per heavy atom. The minimum Gasteiger partial charge on any atom is -0.507 e. The molecule has 1 aromatic heterocycles. The summed E-state index contributed by atoms with van der Waals surface area (Å²) >= 11 is 10.6. The van der Waals surface area contributed by atoms with E-state index in [-0.39, 0.29) is 11.3 Å². The van der Waals surface area contributed by atoms with Gasteiger partial charge in [0.25, 0.3) is 5.91 Å². The van der Waals surface area contributed by atoms with E-state index in [2.05, 4.69) is 26.2 Å². The number of hydrogen-bond acceptors (Lipinski definition) is 4. The van der Waals surface area contributed by atoms with Crippen molar-refractivity contribution in [3.8, 4) is 17.0 Å². The van der Waals surface area contributed by atoms with E-state index in [0.717, 1.165) is 11.3 Å². The molecule has 116 valence electrons. The average Bonchev–Trinajstić information content (AvgIpc) is 2.98. The van der Waals surface area contributed by atoms with Gasteiger partial charge in [-0.25, -0.2) is 4.98 Å². The molecule has 1 heterocycles. The molecule has 0 bridgehead atoms. The number of hydrogen-bond donors (Lipinski definition) is 2. The zero-order valence-corrected chi connectivity index (χ0v) is 14.7. The minimum absolute atomic E-state index is 0.0858. The molecule has 23 heavy (non-hydrogen) atoms. The van der Waals surface area contributed by atoms with Crippen LogP contribution in [0, 0.1) is 0 Å². The molecule has 0 radical (unpaired) electrons. The van der Waals surface area contributed by atoms with Gasteiger partial charge >= 0.3 is 0 Å². The molecular weight excluding hydrogens is 400 g/mol.